The number of hydrogen-bond donors (Lipinski definition) is 0. The monoisotopic (exact) mass is 399 g/mol. The molecule has 0 aromatic heterocycles. The lowest BCUT2D eigenvalue weighted by molar-refractivity contribution is -0.274. The topological polar surface area (TPSA) is 55.8 Å². The molecule has 2 aliphatic heterocycles. The predicted molar refractivity (Wildman–Crippen MR) is 95.1 cm³/mol. The Morgan fingerprint density at radius 3 is 2.00 bits per heavy atom. The molecular weight excluding hydrogens is 375 g/mol. The van der Waals surface area contributed by atoms with Gasteiger partial charge in [-0.25, -0.2) is 4.79 Å². The van der Waals surface area contributed by atoms with Crippen LogP contribution in [0.15, 0.2) is 24.3 Å². The highest BCUT2D eigenvalue weighted by Gasteiger charge is 2.46. The molecule has 0 N–H and O–H groups in total. The van der Waals surface area contributed by atoms with E-state index in [2.05, 4.69) is 4.74 Å². The molecule has 28 heavy (non-hydrogen) atoms. The Kier molecular flexibility index (Phi) is 5.34. The largest absolute Gasteiger partial charge is 0.573 e. The Labute approximate surface area is 161 Å². The van der Waals surface area contributed by atoms with Gasteiger partial charge in [0.1, 0.15) is 11.4 Å². The van der Waals surface area contributed by atoms with E-state index in [4.69, 9.17) is 4.74 Å². The molecule has 1 aromatic rings. The summed E-state index contributed by atoms with van der Waals surface area (Å²) in [5, 5.41) is 0. The highest BCUT2D eigenvalue weighted by atomic mass is 19.4. The number of amides is 1. The molecule has 0 saturated carbocycles. The minimum Gasteiger partial charge on any atom is -0.444 e. The molecule has 2 fully saturated rings. The highest BCUT2D eigenvalue weighted by molar-refractivity contribution is 5.98. The van der Waals surface area contributed by atoms with Crippen molar-refractivity contribution >= 4 is 11.9 Å². The Morgan fingerprint density at radius 2 is 1.54 bits per heavy atom. The summed E-state index contributed by atoms with van der Waals surface area (Å²) in [6.45, 7) is 5.44. The second-order valence-electron chi connectivity index (χ2n) is 8.38. The number of halogens is 3. The fraction of sp³-hybridized carbons (Fsp3) is 0.600. The van der Waals surface area contributed by atoms with Crippen molar-refractivity contribution in [3.63, 3.8) is 0 Å². The maximum Gasteiger partial charge on any atom is 0.573 e. The highest BCUT2D eigenvalue weighted by Crippen LogP contribution is 2.40. The number of ether oxygens (including phenoxy) is 2. The van der Waals surface area contributed by atoms with Gasteiger partial charge in [-0.05, 0) is 70.7 Å². The van der Waals surface area contributed by atoms with Crippen molar-refractivity contribution in [3.05, 3.63) is 29.8 Å². The van der Waals surface area contributed by atoms with Crippen LogP contribution in [0.5, 0.6) is 5.75 Å². The fourth-order valence-corrected chi connectivity index (χ4v) is 4.06. The normalized spacial score (nSPS) is 24.8. The van der Waals surface area contributed by atoms with Gasteiger partial charge in [-0.15, -0.1) is 13.2 Å². The second-order valence-corrected chi connectivity index (χ2v) is 8.38. The van der Waals surface area contributed by atoms with Crippen LogP contribution in [0.4, 0.5) is 18.0 Å². The SMILES string of the molecule is CC(C)(C)OC(=O)N1C2CCC1CC(C(=O)c1ccc(OC(F)(F)F)cc1)C2. The van der Waals surface area contributed by atoms with Crippen molar-refractivity contribution in [1.82, 2.24) is 4.90 Å². The first-order valence-electron chi connectivity index (χ1n) is 9.34. The number of benzene rings is 1. The number of carbonyl (C=O) groups is 2. The first kappa shape index (κ1) is 20.5. The van der Waals surface area contributed by atoms with Gasteiger partial charge in [0.2, 0.25) is 0 Å². The molecule has 2 aliphatic rings. The summed E-state index contributed by atoms with van der Waals surface area (Å²) in [6.07, 6.45) is -2.39. The van der Waals surface area contributed by atoms with E-state index in [9.17, 15) is 22.8 Å². The Balaban J connectivity index is 1.65. The van der Waals surface area contributed by atoms with E-state index in [-0.39, 0.29) is 35.6 Å². The summed E-state index contributed by atoms with van der Waals surface area (Å²) in [6, 6.07) is 4.90. The Bertz CT molecular complexity index is 725. The van der Waals surface area contributed by atoms with Crippen LogP contribution in [0.3, 0.4) is 0 Å². The van der Waals surface area contributed by atoms with Gasteiger partial charge in [-0.2, -0.15) is 0 Å². The zero-order valence-corrected chi connectivity index (χ0v) is 16.1. The fourth-order valence-electron chi connectivity index (χ4n) is 4.06. The molecule has 2 heterocycles. The maximum atomic E-state index is 12.8. The lowest BCUT2D eigenvalue weighted by atomic mass is 9.85. The summed E-state index contributed by atoms with van der Waals surface area (Å²) in [5.41, 5.74) is -0.228. The second kappa shape index (κ2) is 7.29. The molecule has 2 atom stereocenters. The quantitative estimate of drug-likeness (QED) is 0.675. The molecule has 0 spiro atoms. The van der Waals surface area contributed by atoms with Crippen molar-refractivity contribution < 1.29 is 32.2 Å². The molecule has 8 heteroatoms. The number of rotatable bonds is 3. The summed E-state index contributed by atoms with van der Waals surface area (Å²) >= 11 is 0. The predicted octanol–water partition coefficient (Wildman–Crippen LogP) is 4.95. The van der Waals surface area contributed by atoms with Crippen molar-refractivity contribution in [1.29, 1.82) is 0 Å². The summed E-state index contributed by atoms with van der Waals surface area (Å²) in [5.74, 6) is -0.728. The summed E-state index contributed by atoms with van der Waals surface area (Å²) in [4.78, 5) is 27.1. The van der Waals surface area contributed by atoms with Crippen molar-refractivity contribution in [2.24, 2.45) is 5.92 Å². The van der Waals surface area contributed by atoms with Crippen LogP contribution in [-0.4, -0.2) is 40.8 Å². The molecular formula is C20H24F3NO4. The lowest BCUT2D eigenvalue weighted by Gasteiger charge is -2.39. The minimum absolute atomic E-state index is 0.0459. The van der Waals surface area contributed by atoms with E-state index < -0.39 is 12.0 Å². The van der Waals surface area contributed by atoms with Crippen LogP contribution in [0.25, 0.3) is 0 Å². The van der Waals surface area contributed by atoms with E-state index >= 15 is 0 Å². The molecule has 2 unspecified atom stereocenters. The van der Waals surface area contributed by atoms with Crippen LogP contribution >= 0.6 is 0 Å². The van der Waals surface area contributed by atoms with Crippen molar-refractivity contribution in [3.8, 4) is 5.75 Å². The van der Waals surface area contributed by atoms with Crippen LogP contribution in [-0.2, 0) is 4.74 Å². The smallest absolute Gasteiger partial charge is 0.444 e. The van der Waals surface area contributed by atoms with Crippen molar-refractivity contribution in [2.45, 2.75) is 70.5 Å². The first-order valence-corrected chi connectivity index (χ1v) is 9.34. The number of hydrogen-bond acceptors (Lipinski definition) is 4. The third-order valence-electron chi connectivity index (χ3n) is 5.08. The number of Topliss-reactive ketones (excluding diaryl/α,β-unsaturated/α-hetero) is 1. The lowest BCUT2D eigenvalue weighted by Crippen LogP contribution is -2.49. The standard InChI is InChI=1S/C20H24F3NO4/c1-19(2,3)28-18(26)24-14-6-7-15(24)11-13(10-14)17(25)12-4-8-16(9-5-12)27-20(21,22)23/h4-5,8-9,13-15H,6-7,10-11H2,1-3H3. The number of ketones is 1. The first-order chi connectivity index (χ1) is 12.9. The third kappa shape index (κ3) is 4.77. The van der Waals surface area contributed by atoms with Gasteiger partial charge >= 0.3 is 12.5 Å². The van der Waals surface area contributed by atoms with Crippen LogP contribution in [0.2, 0.25) is 0 Å². The van der Waals surface area contributed by atoms with Gasteiger partial charge in [0.05, 0.1) is 0 Å². The van der Waals surface area contributed by atoms with Crippen LogP contribution in [0.1, 0.15) is 56.8 Å². The van der Waals surface area contributed by atoms with E-state index in [1.54, 1.807) is 4.90 Å². The van der Waals surface area contributed by atoms with E-state index in [0.717, 1.165) is 25.0 Å². The molecule has 154 valence electrons. The van der Waals surface area contributed by atoms with E-state index in [1.807, 2.05) is 20.8 Å². The average Bonchev–Trinajstić information content (AvgIpc) is 2.82. The van der Waals surface area contributed by atoms with E-state index in [0.29, 0.717) is 18.4 Å². The van der Waals surface area contributed by atoms with Gasteiger partial charge in [0, 0.05) is 23.6 Å². The Morgan fingerprint density at radius 1 is 1.00 bits per heavy atom. The zero-order valence-electron chi connectivity index (χ0n) is 16.1. The van der Waals surface area contributed by atoms with Gasteiger partial charge < -0.3 is 14.4 Å². The number of piperidine rings is 1. The average molecular weight is 399 g/mol. The number of fused-ring (bicyclic) bond motifs is 2. The maximum absolute atomic E-state index is 12.8. The number of nitrogens with zero attached hydrogens (tertiary/aromatic N) is 1. The molecule has 0 aliphatic carbocycles. The van der Waals surface area contributed by atoms with Gasteiger partial charge in [0.15, 0.2) is 5.78 Å². The minimum atomic E-state index is -4.76. The number of carbonyl (C=O) groups excluding carboxylic acids is 2. The van der Waals surface area contributed by atoms with E-state index in [1.165, 1.54) is 12.1 Å². The molecule has 2 saturated heterocycles. The van der Waals surface area contributed by atoms with Crippen LogP contribution < -0.4 is 4.74 Å². The molecule has 2 bridgehead atoms. The van der Waals surface area contributed by atoms with Crippen LogP contribution in [0, 0.1) is 5.92 Å². The molecule has 5 nitrogen and oxygen atoms in total. The summed E-state index contributed by atoms with van der Waals surface area (Å²) < 4.78 is 46.1. The summed E-state index contributed by atoms with van der Waals surface area (Å²) in [7, 11) is 0. The third-order valence-corrected chi connectivity index (χ3v) is 5.08. The number of alkyl halides is 3. The van der Waals surface area contributed by atoms with Crippen molar-refractivity contribution in [2.75, 3.05) is 0 Å². The van der Waals surface area contributed by atoms with Gasteiger partial charge in [-0.1, -0.05) is 0 Å². The molecule has 3 rings (SSSR count). The Hall–Kier alpha value is -2.25. The molecule has 1 aromatic carbocycles. The van der Waals surface area contributed by atoms with Gasteiger partial charge in [-0.3, -0.25) is 4.79 Å². The zero-order chi connectivity index (χ0) is 20.7. The molecule has 1 amide bonds. The molecule has 0 radical (unpaired) electrons. The van der Waals surface area contributed by atoms with Gasteiger partial charge in [0.25, 0.3) is 0 Å².